The molecule has 0 aliphatic carbocycles. The van der Waals surface area contributed by atoms with Crippen molar-refractivity contribution in [2.75, 3.05) is 0 Å². The van der Waals surface area contributed by atoms with E-state index in [9.17, 15) is 4.79 Å². The second-order valence-corrected chi connectivity index (χ2v) is 6.48. The molecule has 5 heteroatoms. The minimum atomic E-state index is 0.0251. The van der Waals surface area contributed by atoms with Crippen molar-refractivity contribution in [1.29, 1.82) is 0 Å². The molecule has 1 atom stereocenters. The van der Waals surface area contributed by atoms with E-state index in [0.29, 0.717) is 6.42 Å². The molecule has 0 aliphatic rings. The maximum Gasteiger partial charge on any atom is 0.224 e. The number of aryl methyl sites for hydroxylation is 2. The van der Waals surface area contributed by atoms with Gasteiger partial charge in [0.1, 0.15) is 0 Å². The lowest BCUT2D eigenvalue weighted by atomic mass is 10.1. The largest absolute Gasteiger partial charge is 0.353 e. The zero-order valence-corrected chi connectivity index (χ0v) is 15.2. The van der Waals surface area contributed by atoms with Crippen LogP contribution in [0.5, 0.6) is 0 Å². The molecule has 0 spiro atoms. The van der Waals surface area contributed by atoms with Crippen LogP contribution >= 0.6 is 0 Å². The number of nitrogens with zero attached hydrogens (tertiary/aromatic N) is 3. The van der Waals surface area contributed by atoms with E-state index < -0.39 is 0 Å². The molecule has 2 aromatic heterocycles. The van der Waals surface area contributed by atoms with Gasteiger partial charge in [0.25, 0.3) is 0 Å². The Balaban J connectivity index is 1.97. The predicted octanol–water partition coefficient (Wildman–Crippen LogP) is 3.47. The number of carbonyl (C=O) groups is 1. The molecule has 0 fully saturated rings. The lowest BCUT2D eigenvalue weighted by Gasteiger charge is -2.14. The van der Waals surface area contributed by atoms with Crippen molar-refractivity contribution in [3.63, 3.8) is 0 Å². The Kier molecular flexibility index (Phi) is 4.83. The second kappa shape index (κ2) is 7.05. The Bertz CT molecular complexity index is 899. The summed E-state index contributed by atoms with van der Waals surface area (Å²) in [6, 6.07) is 12.2. The summed E-state index contributed by atoms with van der Waals surface area (Å²) in [5, 5.41) is 7.71. The smallest absolute Gasteiger partial charge is 0.224 e. The maximum absolute atomic E-state index is 12.3. The van der Waals surface area contributed by atoms with Gasteiger partial charge in [-0.15, -0.1) is 0 Å². The molecule has 1 amide bonds. The lowest BCUT2D eigenvalue weighted by molar-refractivity contribution is -0.121. The third-order valence-electron chi connectivity index (χ3n) is 4.59. The molecule has 3 rings (SSSR count). The second-order valence-electron chi connectivity index (χ2n) is 6.48. The van der Waals surface area contributed by atoms with Gasteiger partial charge in [-0.05, 0) is 27.2 Å². The molecule has 2 heterocycles. The first-order chi connectivity index (χ1) is 12.0. The van der Waals surface area contributed by atoms with Gasteiger partial charge in [-0.2, -0.15) is 5.10 Å². The summed E-state index contributed by atoms with van der Waals surface area (Å²) in [6.07, 6.45) is 1.24. The van der Waals surface area contributed by atoms with E-state index in [4.69, 9.17) is 5.10 Å². The third kappa shape index (κ3) is 3.55. The number of fused-ring (bicyclic) bond motifs is 1. The minimum Gasteiger partial charge on any atom is -0.353 e. The van der Waals surface area contributed by atoms with Crippen LogP contribution in [0.15, 0.2) is 36.4 Å². The topological polar surface area (TPSA) is 59.3 Å². The zero-order chi connectivity index (χ0) is 18.0. The molecule has 0 saturated carbocycles. The van der Waals surface area contributed by atoms with Gasteiger partial charge in [0.2, 0.25) is 5.91 Å². The molecular weight excluding hydrogens is 312 g/mol. The molecule has 0 saturated heterocycles. The summed E-state index contributed by atoms with van der Waals surface area (Å²) < 4.78 is 1.83. The quantitative estimate of drug-likeness (QED) is 0.776. The number of nitrogens with one attached hydrogen (secondary N) is 1. The third-order valence-corrected chi connectivity index (χ3v) is 4.59. The van der Waals surface area contributed by atoms with Crippen LogP contribution in [0.3, 0.4) is 0 Å². The van der Waals surface area contributed by atoms with Crippen LogP contribution in [0, 0.1) is 13.8 Å². The van der Waals surface area contributed by atoms with Gasteiger partial charge in [-0.25, -0.2) is 9.50 Å². The van der Waals surface area contributed by atoms with Gasteiger partial charge in [0.05, 0.1) is 12.1 Å². The van der Waals surface area contributed by atoms with E-state index in [1.165, 1.54) is 0 Å². The first-order valence-corrected chi connectivity index (χ1v) is 8.70. The molecule has 0 radical (unpaired) electrons. The molecule has 0 bridgehead atoms. The van der Waals surface area contributed by atoms with Gasteiger partial charge in [-0.1, -0.05) is 37.3 Å². The highest BCUT2D eigenvalue weighted by Gasteiger charge is 2.16. The Labute approximate surface area is 148 Å². The van der Waals surface area contributed by atoms with Crippen LogP contribution in [0.2, 0.25) is 0 Å². The normalized spacial score (nSPS) is 12.3. The highest BCUT2D eigenvalue weighted by molar-refractivity contribution is 5.79. The van der Waals surface area contributed by atoms with Crippen molar-refractivity contribution in [1.82, 2.24) is 19.9 Å². The monoisotopic (exact) mass is 336 g/mol. The van der Waals surface area contributed by atoms with Gasteiger partial charge in [0.15, 0.2) is 5.65 Å². The van der Waals surface area contributed by atoms with E-state index in [1.54, 1.807) is 0 Å². The zero-order valence-electron chi connectivity index (χ0n) is 15.2. The van der Waals surface area contributed by atoms with Crippen LogP contribution in [0.25, 0.3) is 16.9 Å². The highest BCUT2D eigenvalue weighted by Crippen LogP contribution is 2.22. The van der Waals surface area contributed by atoms with E-state index in [-0.39, 0.29) is 11.9 Å². The lowest BCUT2D eigenvalue weighted by Crippen LogP contribution is -2.33. The standard InChI is InChI=1S/C20H24N4O/c1-5-13(2)21-20(25)11-17-14(3)22-19-12-18(23-24(19)15(17)4)16-9-7-6-8-10-16/h6-10,12-13H,5,11H2,1-4H3,(H,21,25)/t13-/m0/s1. The van der Waals surface area contributed by atoms with Crippen LogP contribution in [0.1, 0.15) is 37.2 Å². The number of amides is 1. The average Bonchev–Trinajstić information content (AvgIpc) is 3.03. The van der Waals surface area contributed by atoms with Crippen LogP contribution in [-0.4, -0.2) is 26.5 Å². The molecule has 1 N–H and O–H groups in total. The van der Waals surface area contributed by atoms with Crippen LogP contribution in [-0.2, 0) is 11.2 Å². The summed E-state index contributed by atoms with van der Waals surface area (Å²) in [7, 11) is 0. The number of hydrogen-bond donors (Lipinski definition) is 1. The van der Waals surface area contributed by atoms with Gasteiger partial charge in [0, 0.05) is 34.6 Å². The van der Waals surface area contributed by atoms with Crippen LogP contribution in [0.4, 0.5) is 0 Å². The van der Waals surface area contributed by atoms with Crippen molar-refractivity contribution >= 4 is 11.6 Å². The molecule has 130 valence electrons. The summed E-state index contributed by atoms with van der Waals surface area (Å²) in [6.45, 7) is 8.02. The maximum atomic E-state index is 12.3. The van der Waals surface area contributed by atoms with Crippen molar-refractivity contribution in [2.24, 2.45) is 0 Å². The van der Waals surface area contributed by atoms with Crippen molar-refractivity contribution in [3.05, 3.63) is 53.3 Å². The fourth-order valence-corrected chi connectivity index (χ4v) is 2.92. The number of hydrogen-bond acceptors (Lipinski definition) is 3. The Morgan fingerprint density at radius 2 is 1.96 bits per heavy atom. The summed E-state index contributed by atoms with van der Waals surface area (Å²) in [5.74, 6) is 0.0251. The molecule has 1 aromatic carbocycles. The van der Waals surface area contributed by atoms with Gasteiger partial charge in [-0.3, -0.25) is 4.79 Å². The minimum absolute atomic E-state index is 0.0251. The molecule has 3 aromatic rings. The first kappa shape index (κ1) is 17.1. The van der Waals surface area contributed by atoms with E-state index >= 15 is 0 Å². The van der Waals surface area contributed by atoms with E-state index in [1.807, 2.05) is 61.7 Å². The van der Waals surface area contributed by atoms with Gasteiger partial charge < -0.3 is 5.32 Å². The number of rotatable bonds is 5. The van der Waals surface area contributed by atoms with E-state index in [0.717, 1.165) is 40.3 Å². The summed E-state index contributed by atoms with van der Waals surface area (Å²) in [4.78, 5) is 16.9. The summed E-state index contributed by atoms with van der Waals surface area (Å²) >= 11 is 0. The Morgan fingerprint density at radius 1 is 1.24 bits per heavy atom. The van der Waals surface area contributed by atoms with Crippen molar-refractivity contribution in [3.8, 4) is 11.3 Å². The number of benzene rings is 1. The Morgan fingerprint density at radius 3 is 2.64 bits per heavy atom. The predicted molar refractivity (Wildman–Crippen MR) is 99.5 cm³/mol. The molecular formula is C20H24N4O. The van der Waals surface area contributed by atoms with Crippen molar-refractivity contribution in [2.45, 2.75) is 46.6 Å². The molecule has 5 nitrogen and oxygen atoms in total. The molecule has 0 aliphatic heterocycles. The fraction of sp³-hybridized carbons (Fsp3) is 0.350. The van der Waals surface area contributed by atoms with E-state index in [2.05, 4.69) is 17.2 Å². The number of carbonyl (C=O) groups excluding carboxylic acids is 1. The van der Waals surface area contributed by atoms with Crippen molar-refractivity contribution < 1.29 is 4.79 Å². The molecule has 0 unspecified atom stereocenters. The summed E-state index contributed by atoms with van der Waals surface area (Å²) in [5.41, 5.74) is 5.53. The highest BCUT2D eigenvalue weighted by atomic mass is 16.1. The number of aromatic nitrogens is 3. The fourth-order valence-electron chi connectivity index (χ4n) is 2.92. The first-order valence-electron chi connectivity index (χ1n) is 8.70. The van der Waals surface area contributed by atoms with Gasteiger partial charge >= 0.3 is 0 Å². The SMILES string of the molecule is CC[C@H](C)NC(=O)Cc1c(C)nc2cc(-c3ccccc3)nn2c1C. The Hall–Kier alpha value is -2.69. The average molecular weight is 336 g/mol. The molecule has 25 heavy (non-hydrogen) atoms. The van der Waals surface area contributed by atoms with Crippen LogP contribution < -0.4 is 5.32 Å².